The summed E-state index contributed by atoms with van der Waals surface area (Å²) in [4.78, 5) is 12.9. The van der Waals surface area contributed by atoms with Crippen LogP contribution >= 0.6 is 0 Å². The Morgan fingerprint density at radius 1 is 1.33 bits per heavy atom. The highest BCUT2D eigenvalue weighted by Gasteiger charge is 2.14. The zero-order chi connectivity index (χ0) is 15.2. The van der Waals surface area contributed by atoms with E-state index >= 15 is 0 Å². The van der Waals surface area contributed by atoms with Crippen molar-refractivity contribution < 1.29 is 14.3 Å². The van der Waals surface area contributed by atoms with Crippen molar-refractivity contribution in [3.05, 3.63) is 59.5 Å². The minimum Gasteiger partial charge on any atom is -0.478 e. The number of rotatable bonds is 7. The Hall–Kier alpha value is -2.11. The van der Waals surface area contributed by atoms with E-state index in [1.54, 1.807) is 6.07 Å². The van der Waals surface area contributed by atoms with Gasteiger partial charge < -0.3 is 19.7 Å². The summed E-state index contributed by atoms with van der Waals surface area (Å²) in [6.07, 6.45) is 1.27. The lowest BCUT2D eigenvalue weighted by molar-refractivity contribution is 0.0696. The number of benzene rings is 1. The summed E-state index contributed by atoms with van der Waals surface area (Å²) in [5.74, 6) is -0.356. The summed E-state index contributed by atoms with van der Waals surface area (Å²) in [5.41, 5.74) is 1.37. The van der Waals surface area contributed by atoms with Gasteiger partial charge in [0, 0.05) is 12.6 Å². The standard InChI is InChI=1S/C16H20N2O3/c1-18(2)10-15(12-6-4-3-5-7-12)17-9-14-8-13(11-21-14)16(19)20/h3-8,11,15,17H,9-10H2,1-2H3,(H,19,20). The van der Waals surface area contributed by atoms with Crippen LogP contribution in [0.5, 0.6) is 0 Å². The van der Waals surface area contributed by atoms with Gasteiger partial charge in [0.1, 0.15) is 12.0 Å². The molecule has 0 amide bonds. The van der Waals surface area contributed by atoms with Crippen molar-refractivity contribution >= 4 is 5.97 Å². The summed E-state index contributed by atoms with van der Waals surface area (Å²) in [5, 5.41) is 12.3. The minimum absolute atomic E-state index is 0.152. The van der Waals surface area contributed by atoms with E-state index in [0.717, 1.165) is 6.54 Å². The van der Waals surface area contributed by atoms with Crippen LogP contribution in [0.25, 0.3) is 0 Å². The van der Waals surface area contributed by atoms with Gasteiger partial charge in [-0.3, -0.25) is 0 Å². The minimum atomic E-state index is -0.974. The first-order valence-corrected chi connectivity index (χ1v) is 6.80. The molecular formula is C16H20N2O3. The third-order valence-corrected chi connectivity index (χ3v) is 3.17. The summed E-state index contributed by atoms with van der Waals surface area (Å²) in [6, 6.07) is 11.9. The Bertz CT molecular complexity index is 578. The van der Waals surface area contributed by atoms with Crippen molar-refractivity contribution in [2.45, 2.75) is 12.6 Å². The summed E-state index contributed by atoms with van der Waals surface area (Å²) < 4.78 is 5.26. The summed E-state index contributed by atoms with van der Waals surface area (Å²) >= 11 is 0. The molecule has 0 aliphatic rings. The molecule has 1 heterocycles. The lowest BCUT2D eigenvalue weighted by Gasteiger charge is -2.22. The normalized spacial score (nSPS) is 12.5. The van der Waals surface area contributed by atoms with Crippen LogP contribution in [-0.2, 0) is 6.54 Å². The van der Waals surface area contributed by atoms with Gasteiger partial charge in [0.25, 0.3) is 0 Å². The Morgan fingerprint density at radius 3 is 2.62 bits per heavy atom. The van der Waals surface area contributed by atoms with Crippen molar-refractivity contribution in [3.63, 3.8) is 0 Å². The van der Waals surface area contributed by atoms with E-state index in [-0.39, 0.29) is 11.6 Å². The molecule has 5 heteroatoms. The maximum Gasteiger partial charge on any atom is 0.338 e. The fraction of sp³-hybridized carbons (Fsp3) is 0.312. The summed E-state index contributed by atoms with van der Waals surface area (Å²) in [6.45, 7) is 1.33. The molecule has 0 saturated heterocycles. The second-order valence-electron chi connectivity index (χ2n) is 5.21. The molecule has 1 aromatic heterocycles. The van der Waals surface area contributed by atoms with Crippen molar-refractivity contribution in [2.24, 2.45) is 0 Å². The van der Waals surface area contributed by atoms with Gasteiger partial charge in [0.2, 0.25) is 0 Å². The molecule has 5 nitrogen and oxygen atoms in total. The number of carboxylic acid groups (broad SMARTS) is 1. The molecule has 21 heavy (non-hydrogen) atoms. The summed E-state index contributed by atoms with van der Waals surface area (Å²) in [7, 11) is 4.04. The van der Waals surface area contributed by atoms with Gasteiger partial charge in [-0.1, -0.05) is 30.3 Å². The largest absolute Gasteiger partial charge is 0.478 e. The van der Waals surface area contributed by atoms with Gasteiger partial charge in [-0.05, 0) is 25.7 Å². The SMILES string of the molecule is CN(C)CC(NCc1cc(C(=O)O)co1)c1ccccc1. The first kappa shape index (κ1) is 15.3. The number of hydrogen-bond acceptors (Lipinski definition) is 4. The number of nitrogens with zero attached hydrogens (tertiary/aromatic N) is 1. The Labute approximate surface area is 124 Å². The van der Waals surface area contributed by atoms with Gasteiger partial charge in [-0.15, -0.1) is 0 Å². The molecule has 0 saturated carbocycles. The number of carboxylic acids is 1. The first-order valence-electron chi connectivity index (χ1n) is 6.80. The third kappa shape index (κ3) is 4.44. The van der Waals surface area contributed by atoms with Crippen molar-refractivity contribution in [2.75, 3.05) is 20.6 Å². The van der Waals surface area contributed by atoms with Gasteiger partial charge in [0.15, 0.2) is 0 Å². The van der Waals surface area contributed by atoms with Crippen LogP contribution in [0, 0.1) is 0 Å². The highest BCUT2D eigenvalue weighted by atomic mass is 16.4. The second kappa shape index (κ2) is 7.06. The van der Waals surface area contributed by atoms with E-state index in [1.807, 2.05) is 32.3 Å². The maximum absolute atomic E-state index is 10.8. The number of carbonyl (C=O) groups is 1. The molecular weight excluding hydrogens is 268 g/mol. The molecule has 0 bridgehead atoms. The van der Waals surface area contributed by atoms with E-state index in [4.69, 9.17) is 9.52 Å². The molecule has 0 radical (unpaired) electrons. The molecule has 112 valence electrons. The average Bonchev–Trinajstić information content (AvgIpc) is 2.93. The van der Waals surface area contributed by atoms with Crippen molar-refractivity contribution in [1.82, 2.24) is 10.2 Å². The van der Waals surface area contributed by atoms with E-state index in [1.165, 1.54) is 11.8 Å². The van der Waals surface area contributed by atoms with E-state index in [0.29, 0.717) is 12.3 Å². The molecule has 2 rings (SSSR count). The van der Waals surface area contributed by atoms with E-state index in [9.17, 15) is 4.79 Å². The van der Waals surface area contributed by atoms with Crippen LogP contribution in [0.3, 0.4) is 0 Å². The molecule has 2 N–H and O–H groups in total. The second-order valence-corrected chi connectivity index (χ2v) is 5.21. The third-order valence-electron chi connectivity index (χ3n) is 3.17. The molecule has 0 fully saturated rings. The van der Waals surface area contributed by atoms with Crippen LogP contribution in [0.4, 0.5) is 0 Å². The van der Waals surface area contributed by atoms with E-state index in [2.05, 4.69) is 22.3 Å². The van der Waals surface area contributed by atoms with Crippen LogP contribution in [-0.4, -0.2) is 36.6 Å². The van der Waals surface area contributed by atoms with Crippen LogP contribution in [0.15, 0.2) is 47.1 Å². The number of hydrogen-bond donors (Lipinski definition) is 2. The average molecular weight is 288 g/mol. The van der Waals surface area contributed by atoms with Crippen LogP contribution < -0.4 is 5.32 Å². The zero-order valence-electron chi connectivity index (χ0n) is 12.2. The molecule has 2 aromatic rings. The maximum atomic E-state index is 10.8. The monoisotopic (exact) mass is 288 g/mol. The number of furan rings is 1. The lowest BCUT2D eigenvalue weighted by Crippen LogP contribution is -2.30. The van der Waals surface area contributed by atoms with E-state index < -0.39 is 5.97 Å². The van der Waals surface area contributed by atoms with Crippen LogP contribution in [0.2, 0.25) is 0 Å². The van der Waals surface area contributed by atoms with Crippen molar-refractivity contribution in [1.29, 1.82) is 0 Å². The number of aromatic carboxylic acids is 1. The van der Waals surface area contributed by atoms with Gasteiger partial charge in [-0.2, -0.15) is 0 Å². The number of likely N-dealkylation sites (N-methyl/N-ethyl adjacent to an activating group) is 1. The predicted octanol–water partition coefficient (Wildman–Crippen LogP) is 2.37. The smallest absolute Gasteiger partial charge is 0.338 e. The molecule has 1 atom stereocenters. The Kier molecular flexibility index (Phi) is 5.14. The Morgan fingerprint density at radius 2 is 2.05 bits per heavy atom. The quantitative estimate of drug-likeness (QED) is 0.819. The highest BCUT2D eigenvalue weighted by molar-refractivity contribution is 5.87. The van der Waals surface area contributed by atoms with Gasteiger partial charge in [0.05, 0.1) is 12.1 Å². The van der Waals surface area contributed by atoms with Gasteiger partial charge in [-0.25, -0.2) is 4.79 Å². The zero-order valence-corrected chi connectivity index (χ0v) is 12.2. The van der Waals surface area contributed by atoms with Crippen LogP contribution in [0.1, 0.15) is 27.7 Å². The lowest BCUT2D eigenvalue weighted by atomic mass is 10.1. The molecule has 0 spiro atoms. The fourth-order valence-electron chi connectivity index (χ4n) is 2.15. The predicted molar refractivity (Wildman–Crippen MR) is 80.2 cm³/mol. The Balaban J connectivity index is 2.03. The molecule has 1 unspecified atom stereocenters. The molecule has 0 aliphatic heterocycles. The number of nitrogens with one attached hydrogen (secondary N) is 1. The van der Waals surface area contributed by atoms with Gasteiger partial charge >= 0.3 is 5.97 Å². The fourth-order valence-corrected chi connectivity index (χ4v) is 2.15. The van der Waals surface area contributed by atoms with Crippen molar-refractivity contribution in [3.8, 4) is 0 Å². The topological polar surface area (TPSA) is 65.7 Å². The highest BCUT2D eigenvalue weighted by Crippen LogP contribution is 2.15. The molecule has 1 aromatic carbocycles. The molecule has 0 aliphatic carbocycles. The first-order chi connectivity index (χ1) is 10.1.